The number of alkyl halides is 1. The zero-order chi connectivity index (χ0) is 10.1. The minimum Gasteiger partial charge on any atom is -0.281 e. The summed E-state index contributed by atoms with van der Waals surface area (Å²) in [6.45, 7) is 1.53. The Kier molecular flexibility index (Phi) is 2.79. The molecule has 1 aromatic heterocycles. The van der Waals surface area contributed by atoms with Gasteiger partial charge in [0.25, 0.3) is 0 Å². The molecule has 1 aromatic rings. The molecule has 0 amide bonds. The predicted octanol–water partition coefficient (Wildman–Crippen LogP) is 0.166. The van der Waals surface area contributed by atoms with E-state index in [1.807, 2.05) is 0 Å². The van der Waals surface area contributed by atoms with E-state index in [-0.39, 0.29) is 11.4 Å². The van der Waals surface area contributed by atoms with E-state index in [9.17, 15) is 8.42 Å². The first-order chi connectivity index (χ1) is 5.96. The van der Waals surface area contributed by atoms with Crippen LogP contribution in [0.1, 0.15) is 11.3 Å². The van der Waals surface area contributed by atoms with Crippen molar-refractivity contribution >= 4 is 21.7 Å². The molecule has 0 fully saturated rings. The van der Waals surface area contributed by atoms with Crippen LogP contribution in [0, 0.1) is 6.92 Å². The minimum absolute atomic E-state index is 0.0938. The van der Waals surface area contributed by atoms with Gasteiger partial charge < -0.3 is 0 Å². The van der Waals surface area contributed by atoms with Crippen molar-refractivity contribution in [2.75, 3.05) is 0 Å². The summed E-state index contributed by atoms with van der Waals surface area (Å²) in [6.07, 6.45) is 0. The molecule has 1 N–H and O–H groups in total. The van der Waals surface area contributed by atoms with Crippen molar-refractivity contribution in [3.63, 3.8) is 0 Å². The van der Waals surface area contributed by atoms with Crippen LogP contribution in [0.5, 0.6) is 0 Å². The lowest BCUT2D eigenvalue weighted by molar-refractivity contribution is 0.474. The van der Waals surface area contributed by atoms with Crippen LogP contribution in [0.3, 0.4) is 0 Å². The van der Waals surface area contributed by atoms with Crippen molar-refractivity contribution in [1.82, 2.24) is 15.4 Å². The van der Waals surface area contributed by atoms with E-state index in [4.69, 9.17) is 16.2 Å². The maximum absolute atomic E-state index is 10.7. The lowest BCUT2D eigenvalue weighted by atomic mass is 10.3. The van der Waals surface area contributed by atoms with Gasteiger partial charge in [-0.05, 0) is 12.1 Å². The quantitative estimate of drug-likeness (QED) is 0.567. The van der Waals surface area contributed by atoms with Crippen LogP contribution in [-0.4, -0.2) is 28.4 Å². The van der Waals surface area contributed by atoms with Crippen LogP contribution in [0.4, 0.5) is 0 Å². The first-order valence-electron chi connectivity index (χ1n) is 3.19. The van der Waals surface area contributed by atoms with E-state index in [0.29, 0.717) is 5.69 Å². The Morgan fingerprint density at radius 3 is 2.46 bits per heavy atom. The van der Waals surface area contributed by atoms with Gasteiger partial charge in [-0.1, -0.05) is 0 Å². The zero-order valence-electron chi connectivity index (χ0n) is 6.60. The third-order valence-electron chi connectivity index (χ3n) is 1.40. The normalized spacial score (nSPS) is 11.6. The number of halogens is 1. The van der Waals surface area contributed by atoms with E-state index in [1.165, 1.54) is 6.92 Å². The van der Waals surface area contributed by atoms with E-state index in [1.54, 1.807) is 0 Å². The van der Waals surface area contributed by atoms with E-state index < -0.39 is 15.1 Å². The summed E-state index contributed by atoms with van der Waals surface area (Å²) in [5.41, 5.74) is 0.497. The Balaban J connectivity index is 3.47. The first-order valence-corrected chi connectivity index (χ1v) is 5.16. The first kappa shape index (κ1) is 10.3. The van der Waals surface area contributed by atoms with Gasteiger partial charge in [-0.15, -0.1) is 21.8 Å². The van der Waals surface area contributed by atoms with Crippen molar-refractivity contribution < 1.29 is 13.0 Å². The van der Waals surface area contributed by atoms with Crippen LogP contribution in [0.15, 0.2) is 5.03 Å². The fourth-order valence-corrected chi connectivity index (χ4v) is 1.84. The van der Waals surface area contributed by atoms with Crippen molar-refractivity contribution in [3.8, 4) is 0 Å². The SMILES string of the molecule is Cc1nnnc(S(=O)(=O)O)c1CCl. The number of rotatable bonds is 2. The summed E-state index contributed by atoms with van der Waals surface area (Å²) in [6, 6.07) is 0. The molecule has 0 bridgehead atoms. The van der Waals surface area contributed by atoms with Crippen LogP contribution >= 0.6 is 11.6 Å². The highest BCUT2D eigenvalue weighted by atomic mass is 35.5. The molecule has 1 rings (SSSR count). The van der Waals surface area contributed by atoms with E-state index in [0.717, 1.165) is 0 Å². The van der Waals surface area contributed by atoms with Gasteiger partial charge in [0.2, 0.25) is 5.03 Å². The summed E-state index contributed by atoms with van der Waals surface area (Å²) in [4.78, 5) is 0. The van der Waals surface area contributed by atoms with Gasteiger partial charge in [0.15, 0.2) is 0 Å². The smallest absolute Gasteiger partial charge is 0.281 e. The van der Waals surface area contributed by atoms with Crippen molar-refractivity contribution in [3.05, 3.63) is 11.3 Å². The fraction of sp³-hybridized carbons (Fsp3) is 0.400. The number of hydrogen-bond donors (Lipinski definition) is 1. The van der Waals surface area contributed by atoms with Gasteiger partial charge in [-0.2, -0.15) is 8.42 Å². The molecule has 0 aromatic carbocycles. The lowest BCUT2D eigenvalue weighted by Crippen LogP contribution is -2.10. The molecule has 6 nitrogen and oxygen atoms in total. The molecule has 0 spiro atoms. The molecule has 72 valence electrons. The van der Waals surface area contributed by atoms with Crippen LogP contribution in [-0.2, 0) is 16.0 Å². The largest absolute Gasteiger partial charge is 0.314 e. The van der Waals surface area contributed by atoms with Crippen molar-refractivity contribution in [1.29, 1.82) is 0 Å². The van der Waals surface area contributed by atoms with Gasteiger partial charge in [0, 0.05) is 5.56 Å². The predicted molar refractivity (Wildman–Crippen MR) is 43.9 cm³/mol. The van der Waals surface area contributed by atoms with Crippen LogP contribution in [0.25, 0.3) is 0 Å². The summed E-state index contributed by atoms with van der Waals surface area (Å²) in [5.74, 6) is -0.0938. The maximum Gasteiger partial charge on any atom is 0.314 e. The fourth-order valence-electron chi connectivity index (χ4n) is 0.767. The van der Waals surface area contributed by atoms with E-state index >= 15 is 0 Å². The monoisotopic (exact) mass is 223 g/mol. The molecular formula is C5H6ClN3O3S. The molecule has 0 aliphatic heterocycles. The molecule has 0 aliphatic rings. The summed E-state index contributed by atoms with van der Waals surface area (Å²) in [5, 5.41) is 9.33. The number of nitrogens with zero attached hydrogens (tertiary/aromatic N) is 3. The molecule has 0 radical (unpaired) electrons. The standard InChI is InChI=1S/C5H6ClN3O3S/c1-3-4(2-6)5(8-9-7-3)13(10,11)12/h2H2,1H3,(H,10,11,12). The molecule has 0 atom stereocenters. The average molecular weight is 224 g/mol. The molecule has 13 heavy (non-hydrogen) atoms. The molecule has 0 saturated heterocycles. The van der Waals surface area contributed by atoms with Crippen LogP contribution < -0.4 is 0 Å². The number of aromatic nitrogens is 3. The topological polar surface area (TPSA) is 93.0 Å². The van der Waals surface area contributed by atoms with Gasteiger partial charge in [-0.25, -0.2) is 0 Å². The molecule has 0 unspecified atom stereocenters. The zero-order valence-corrected chi connectivity index (χ0v) is 8.17. The van der Waals surface area contributed by atoms with Gasteiger partial charge >= 0.3 is 10.1 Å². The van der Waals surface area contributed by atoms with Gasteiger partial charge in [0.05, 0.1) is 11.6 Å². The Hall–Kier alpha value is -0.790. The van der Waals surface area contributed by atoms with Gasteiger partial charge in [-0.3, -0.25) is 4.55 Å². The highest BCUT2D eigenvalue weighted by Gasteiger charge is 2.19. The average Bonchev–Trinajstić information content (AvgIpc) is 2.02. The second-order valence-corrected chi connectivity index (χ2v) is 3.87. The molecule has 8 heteroatoms. The minimum atomic E-state index is -4.37. The molecule has 1 heterocycles. The second-order valence-electron chi connectivity index (χ2n) is 2.27. The van der Waals surface area contributed by atoms with Crippen LogP contribution in [0.2, 0.25) is 0 Å². The Morgan fingerprint density at radius 1 is 1.46 bits per heavy atom. The Bertz CT molecular complexity index is 419. The summed E-state index contributed by atoms with van der Waals surface area (Å²) >= 11 is 5.46. The molecule has 0 saturated carbocycles. The number of hydrogen-bond acceptors (Lipinski definition) is 5. The Morgan fingerprint density at radius 2 is 2.08 bits per heavy atom. The second kappa shape index (κ2) is 3.52. The van der Waals surface area contributed by atoms with Crippen molar-refractivity contribution in [2.24, 2.45) is 0 Å². The van der Waals surface area contributed by atoms with Crippen molar-refractivity contribution in [2.45, 2.75) is 17.8 Å². The number of aryl methyl sites for hydroxylation is 1. The van der Waals surface area contributed by atoms with E-state index in [2.05, 4.69) is 15.4 Å². The lowest BCUT2D eigenvalue weighted by Gasteiger charge is -2.02. The Labute approximate surface area is 79.7 Å². The summed E-state index contributed by atoms with van der Waals surface area (Å²) in [7, 11) is -4.37. The van der Waals surface area contributed by atoms with Gasteiger partial charge in [0.1, 0.15) is 0 Å². The molecular weight excluding hydrogens is 218 g/mol. The highest BCUT2D eigenvalue weighted by molar-refractivity contribution is 7.85. The molecule has 0 aliphatic carbocycles. The summed E-state index contributed by atoms with van der Waals surface area (Å²) < 4.78 is 30.2. The highest BCUT2D eigenvalue weighted by Crippen LogP contribution is 2.15. The third kappa shape index (κ3) is 2.11. The maximum atomic E-state index is 10.7. The third-order valence-corrected chi connectivity index (χ3v) is 2.49.